The van der Waals surface area contributed by atoms with Gasteiger partial charge in [0.15, 0.2) is 0 Å². The highest BCUT2D eigenvalue weighted by Gasteiger charge is 2.44. The molecule has 1 aromatic rings. The maximum Gasteiger partial charge on any atom is 0.416 e. The fourth-order valence-corrected chi connectivity index (χ4v) is 2.77. The first-order valence-corrected chi connectivity index (χ1v) is 7.46. The summed E-state index contributed by atoms with van der Waals surface area (Å²) in [5.41, 5.74) is -2.57. The van der Waals surface area contributed by atoms with Crippen LogP contribution in [-0.4, -0.2) is 36.7 Å². The third kappa shape index (κ3) is 4.34. The van der Waals surface area contributed by atoms with Crippen molar-refractivity contribution in [3.05, 3.63) is 46.7 Å². The second-order valence-corrected chi connectivity index (χ2v) is 5.66. The van der Waals surface area contributed by atoms with Crippen molar-refractivity contribution in [3.63, 3.8) is 0 Å². The quantitative estimate of drug-likeness (QED) is 0.625. The second kappa shape index (κ2) is 7.12. The predicted octanol–water partition coefficient (Wildman–Crippen LogP) is 3.78. The number of halogens is 6. The summed E-state index contributed by atoms with van der Waals surface area (Å²) in [6, 6.07) is 1.24. The molecule has 2 amide bonds. The number of allylic oxidation sites excluding steroid dienone is 1. The molecular formula is C16H14F6N2O3. The molecule has 0 fully saturated rings. The first-order valence-electron chi connectivity index (χ1n) is 7.46. The Morgan fingerprint density at radius 3 is 2.30 bits per heavy atom. The van der Waals surface area contributed by atoms with Gasteiger partial charge in [0.25, 0.3) is 0 Å². The van der Waals surface area contributed by atoms with Gasteiger partial charge in [-0.25, -0.2) is 9.59 Å². The molecule has 0 spiro atoms. The van der Waals surface area contributed by atoms with Gasteiger partial charge in [0.1, 0.15) is 6.54 Å². The summed E-state index contributed by atoms with van der Waals surface area (Å²) in [5, 5.41) is 2.04. The van der Waals surface area contributed by atoms with Crippen LogP contribution in [0.25, 0.3) is 0 Å². The molecular weight excluding hydrogens is 382 g/mol. The van der Waals surface area contributed by atoms with Gasteiger partial charge < -0.3 is 10.1 Å². The Kier molecular flexibility index (Phi) is 5.43. The van der Waals surface area contributed by atoms with E-state index in [9.17, 15) is 35.9 Å². The molecule has 0 radical (unpaired) electrons. The summed E-state index contributed by atoms with van der Waals surface area (Å²) in [6.07, 6.45) is -9.59. The lowest BCUT2D eigenvalue weighted by molar-refractivity contribution is -0.141. The van der Waals surface area contributed by atoms with Gasteiger partial charge in [0.2, 0.25) is 0 Å². The molecule has 0 aromatic heterocycles. The number of benzene rings is 1. The SMILES string of the molecule is COC(=O)C1=C(C)N(CC(F)(F)F)C(=O)N[C@@H]1c1ccccc1C(F)(F)F. The van der Waals surface area contributed by atoms with Crippen LogP contribution in [0.3, 0.4) is 0 Å². The van der Waals surface area contributed by atoms with Crippen molar-refractivity contribution >= 4 is 12.0 Å². The number of ether oxygens (including phenoxy) is 1. The summed E-state index contributed by atoms with van der Waals surface area (Å²) in [4.78, 5) is 24.5. The van der Waals surface area contributed by atoms with E-state index >= 15 is 0 Å². The number of methoxy groups -OCH3 is 1. The largest absolute Gasteiger partial charge is 0.466 e. The van der Waals surface area contributed by atoms with E-state index in [0.29, 0.717) is 0 Å². The molecule has 148 valence electrons. The first kappa shape index (κ1) is 20.6. The highest BCUT2D eigenvalue weighted by atomic mass is 19.4. The number of carbonyl (C=O) groups excluding carboxylic acids is 2. The maximum atomic E-state index is 13.3. The zero-order valence-corrected chi connectivity index (χ0v) is 14.0. The van der Waals surface area contributed by atoms with E-state index in [-0.39, 0.29) is 4.90 Å². The first-order chi connectivity index (χ1) is 12.4. The number of carbonyl (C=O) groups is 2. The Balaban J connectivity index is 2.65. The Hall–Kier alpha value is -2.72. The number of hydrogen-bond donors (Lipinski definition) is 1. The predicted molar refractivity (Wildman–Crippen MR) is 80.2 cm³/mol. The number of nitrogens with one attached hydrogen (secondary N) is 1. The van der Waals surface area contributed by atoms with Crippen LogP contribution in [0.2, 0.25) is 0 Å². The topological polar surface area (TPSA) is 58.6 Å². The van der Waals surface area contributed by atoms with Crippen LogP contribution in [0, 0.1) is 0 Å². The standard InChI is InChI=1S/C16H14F6N2O3/c1-8-11(13(25)27-2)12(23-14(26)24(8)7-15(17,18)19)9-5-3-4-6-10(9)16(20,21)22/h3-6,12H,7H2,1-2H3,(H,23,26)/t12-/m1/s1. The van der Waals surface area contributed by atoms with Crippen molar-refractivity contribution in [2.75, 3.05) is 13.7 Å². The summed E-state index contributed by atoms with van der Waals surface area (Å²) in [6.45, 7) is -0.668. The molecule has 0 unspecified atom stereocenters. The minimum atomic E-state index is -4.81. The highest BCUT2D eigenvalue weighted by Crippen LogP contribution is 2.39. The summed E-state index contributed by atoms with van der Waals surface area (Å²) >= 11 is 0. The highest BCUT2D eigenvalue weighted by molar-refractivity contribution is 5.95. The van der Waals surface area contributed by atoms with Gasteiger partial charge in [-0.15, -0.1) is 0 Å². The zero-order valence-electron chi connectivity index (χ0n) is 14.0. The molecule has 1 N–H and O–H groups in total. The summed E-state index contributed by atoms with van der Waals surface area (Å²) in [5.74, 6) is -1.15. The molecule has 5 nitrogen and oxygen atoms in total. The fraction of sp³-hybridized carbons (Fsp3) is 0.375. The maximum absolute atomic E-state index is 13.3. The number of rotatable bonds is 3. The third-order valence-electron chi connectivity index (χ3n) is 3.92. The average molecular weight is 396 g/mol. The lowest BCUT2D eigenvalue weighted by Crippen LogP contribution is -2.51. The van der Waals surface area contributed by atoms with Gasteiger partial charge in [-0.05, 0) is 18.6 Å². The number of nitrogens with zero attached hydrogens (tertiary/aromatic N) is 1. The molecule has 0 saturated carbocycles. The lowest BCUT2D eigenvalue weighted by atomic mass is 9.91. The molecule has 0 saturated heterocycles. The van der Waals surface area contributed by atoms with Crippen LogP contribution in [0.1, 0.15) is 24.1 Å². The van der Waals surface area contributed by atoms with Gasteiger partial charge in [0, 0.05) is 5.70 Å². The van der Waals surface area contributed by atoms with Gasteiger partial charge in [-0.1, -0.05) is 18.2 Å². The summed E-state index contributed by atoms with van der Waals surface area (Å²) in [7, 11) is 0.930. The Bertz CT molecular complexity index is 785. The van der Waals surface area contributed by atoms with Crippen molar-refractivity contribution in [2.45, 2.75) is 25.3 Å². The van der Waals surface area contributed by atoms with E-state index < -0.39 is 59.3 Å². The molecule has 1 aromatic carbocycles. The van der Waals surface area contributed by atoms with Crippen LogP contribution in [0.5, 0.6) is 0 Å². The van der Waals surface area contributed by atoms with Crippen LogP contribution < -0.4 is 5.32 Å². The van der Waals surface area contributed by atoms with E-state index in [2.05, 4.69) is 4.74 Å². The molecule has 27 heavy (non-hydrogen) atoms. The van der Waals surface area contributed by atoms with E-state index in [1.54, 1.807) is 0 Å². The molecule has 1 aliphatic rings. The van der Waals surface area contributed by atoms with Gasteiger partial charge in [-0.3, -0.25) is 4.90 Å². The Morgan fingerprint density at radius 2 is 1.78 bits per heavy atom. The monoisotopic (exact) mass is 396 g/mol. The minimum absolute atomic E-state index is 0.235. The molecule has 0 bridgehead atoms. The van der Waals surface area contributed by atoms with Gasteiger partial charge in [0.05, 0.1) is 24.3 Å². The normalized spacial score (nSPS) is 18.4. The minimum Gasteiger partial charge on any atom is -0.466 e. The van der Waals surface area contributed by atoms with Gasteiger partial charge >= 0.3 is 24.4 Å². The molecule has 1 atom stereocenters. The van der Waals surface area contributed by atoms with E-state index in [1.807, 2.05) is 5.32 Å². The van der Waals surface area contributed by atoms with Crippen LogP contribution in [0.15, 0.2) is 35.5 Å². The number of hydrogen-bond acceptors (Lipinski definition) is 3. The van der Waals surface area contributed by atoms with E-state index in [0.717, 1.165) is 32.2 Å². The number of esters is 1. The zero-order chi connectivity index (χ0) is 20.6. The third-order valence-corrected chi connectivity index (χ3v) is 3.92. The van der Waals surface area contributed by atoms with Crippen molar-refractivity contribution in [1.82, 2.24) is 10.2 Å². The molecule has 1 aliphatic heterocycles. The number of urea groups is 1. The second-order valence-electron chi connectivity index (χ2n) is 5.66. The van der Waals surface area contributed by atoms with E-state index in [1.165, 1.54) is 6.07 Å². The smallest absolute Gasteiger partial charge is 0.416 e. The summed E-state index contributed by atoms with van der Waals surface area (Å²) < 4.78 is 82.6. The van der Waals surface area contributed by atoms with Crippen molar-refractivity contribution < 1.29 is 40.7 Å². The van der Waals surface area contributed by atoms with Crippen LogP contribution in [0.4, 0.5) is 31.1 Å². The molecule has 11 heteroatoms. The molecule has 2 rings (SSSR count). The van der Waals surface area contributed by atoms with Crippen molar-refractivity contribution in [2.24, 2.45) is 0 Å². The van der Waals surface area contributed by atoms with Gasteiger partial charge in [-0.2, -0.15) is 26.3 Å². The Labute approximate surface area is 149 Å². The number of amides is 2. The number of alkyl halides is 6. The molecule has 0 aliphatic carbocycles. The molecule has 1 heterocycles. The van der Waals surface area contributed by atoms with Crippen LogP contribution >= 0.6 is 0 Å². The Morgan fingerprint density at radius 1 is 1.19 bits per heavy atom. The lowest BCUT2D eigenvalue weighted by Gasteiger charge is -2.36. The fourth-order valence-electron chi connectivity index (χ4n) is 2.77. The average Bonchev–Trinajstić information content (AvgIpc) is 2.56. The van der Waals surface area contributed by atoms with Crippen molar-refractivity contribution in [3.8, 4) is 0 Å². The van der Waals surface area contributed by atoms with E-state index in [4.69, 9.17) is 0 Å². The van der Waals surface area contributed by atoms with Crippen molar-refractivity contribution in [1.29, 1.82) is 0 Å². The van der Waals surface area contributed by atoms with Crippen LogP contribution in [-0.2, 0) is 15.7 Å².